The predicted molar refractivity (Wildman–Crippen MR) is 212 cm³/mol. The first-order chi connectivity index (χ1) is 24.2. The maximum atomic E-state index is 6.45. The van der Waals surface area contributed by atoms with Crippen molar-refractivity contribution in [1.82, 2.24) is 0 Å². The SMILES string of the molecule is C=CCC(C)C1=C(C)c2ccc(N(c3ccc(-c4ccc(-c5ccccc5)cc4)cc3)c3ccc4c(c3)C3(C)C=CC=CC3O4)cc2C1(C)C. The van der Waals surface area contributed by atoms with Gasteiger partial charge in [-0.05, 0) is 114 Å². The summed E-state index contributed by atoms with van der Waals surface area (Å²) in [4.78, 5) is 2.42. The first-order valence-corrected chi connectivity index (χ1v) is 17.9. The minimum absolute atomic E-state index is 0.00424. The number of ether oxygens (including phenoxy) is 1. The van der Waals surface area contributed by atoms with E-state index < -0.39 is 0 Å². The van der Waals surface area contributed by atoms with Crippen LogP contribution in [0.4, 0.5) is 17.1 Å². The Labute approximate surface area is 297 Å². The summed E-state index contributed by atoms with van der Waals surface area (Å²) in [6.07, 6.45) is 11.7. The first kappa shape index (κ1) is 31.9. The molecule has 3 aliphatic rings. The van der Waals surface area contributed by atoms with Gasteiger partial charge in [0, 0.05) is 28.0 Å². The van der Waals surface area contributed by atoms with Crippen LogP contribution in [0.15, 0.2) is 158 Å². The molecule has 2 nitrogen and oxygen atoms in total. The Morgan fingerprint density at radius 2 is 1.30 bits per heavy atom. The lowest BCUT2D eigenvalue weighted by atomic mass is 9.75. The number of nitrogens with zero attached hydrogens (tertiary/aromatic N) is 1. The summed E-state index contributed by atoms with van der Waals surface area (Å²) in [6.45, 7) is 15.8. The number of hydrogen-bond acceptors (Lipinski definition) is 2. The molecule has 0 saturated carbocycles. The number of rotatable bonds is 8. The van der Waals surface area contributed by atoms with Gasteiger partial charge in [0.2, 0.25) is 0 Å². The Bertz CT molecular complexity index is 2180. The zero-order valence-corrected chi connectivity index (χ0v) is 29.8. The highest BCUT2D eigenvalue weighted by Crippen LogP contribution is 2.53. The maximum absolute atomic E-state index is 6.45. The van der Waals surface area contributed by atoms with E-state index in [1.54, 1.807) is 0 Å². The summed E-state index contributed by atoms with van der Waals surface area (Å²) in [6, 6.07) is 42.2. The topological polar surface area (TPSA) is 12.5 Å². The molecule has 5 aromatic carbocycles. The summed E-state index contributed by atoms with van der Waals surface area (Å²) in [5, 5.41) is 0. The molecule has 0 spiro atoms. The van der Waals surface area contributed by atoms with Crippen molar-refractivity contribution in [2.24, 2.45) is 5.92 Å². The van der Waals surface area contributed by atoms with Gasteiger partial charge in [-0.15, -0.1) is 6.58 Å². The smallest absolute Gasteiger partial charge is 0.130 e. The molecule has 0 amide bonds. The largest absolute Gasteiger partial charge is 0.485 e. The molecule has 5 aromatic rings. The van der Waals surface area contributed by atoms with Gasteiger partial charge in [-0.3, -0.25) is 0 Å². The van der Waals surface area contributed by atoms with E-state index in [-0.39, 0.29) is 16.9 Å². The van der Waals surface area contributed by atoms with Gasteiger partial charge in [-0.2, -0.15) is 0 Å². The summed E-state index contributed by atoms with van der Waals surface area (Å²) in [7, 11) is 0. The molecule has 8 rings (SSSR count). The van der Waals surface area contributed by atoms with Gasteiger partial charge in [0.1, 0.15) is 11.9 Å². The Balaban J connectivity index is 1.21. The highest BCUT2D eigenvalue weighted by molar-refractivity contribution is 5.85. The number of hydrogen-bond donors (Lipinski definition) is 0. The Morgan fingerprint density at radius 1 is 0.720 bits per heavy atom. The summed E-state index contributed by atoms with van der Waals surface area (Å²) < 4.78 is 6.45. The van der Waals surface area contributed by atoms with Crippen molar-refractivity contribution in [3.63, 3.8) is 0 Å². The third-order valence-electron chi connectivity index (χ3n) is 11.4. The van der Waals surface area contributed by atoms with Gasteiger partial charge in [-0.25, -0.2) is 0 Å². The van der Waals surface area contributed by atoms with Crippen LogP contribution < -0.4 is 9.64 Å². The summed E-state index contributed by atoms with van der Waals surface area (Å²) >= 11 is 0. The predicted octanol–water partition coefficient (Wildman–Crippen LogP) is 12.9. The van der Waals surface area contributed by atoms with Gasteiger partial charge >= 0.3 is 0 Å². The second-order valence-corrected chi connectivity index (χ2v) is 14.9. The minimum Gasteiger partial charge on any atom is -0.485 e. The Hall–Kier alpha value is -5.34. The molecule has 1 heterocycles. The number of fused-ring (bicyclic) bond motifs is 4. The van der Waals surface area contributed by atoms with Crippen LogP contribution >= 0.6 is 0 Å². The summed E-state index contributed by atoms with van der Waals surface area (Å²) in [5.41, 5.74) is 14.9. The van der Waals surface area contributed by atoms with Crippen LogP contribution in [-0.2, 0) is 10.8 Å². The molecule has 50 heavy (non-hydrogen) atoms. The van der Waals surface area contributed by atoms with Crippen molar-refractivity contribution in [3.05, 3.63) is 174 Å². The van der Waals surface area contributed by atoms with E-state index in [2.05, 4.69) is 192 Å². The second kappa shape index (κ2) is 12.2. The van der Waals surface area contributed by atoms with Gasteiger partial charge in [0.15, 0.2) is 0 Å². The van der Waals surface area contributed by atoms with Gasteiger partial charge < -0.3 is 9.64 Å². The van der Waals surface area contributed by atoms with E-state index >= 15 is 0 Å². The zero-order chi connectivity index (χ0) is 34.6. The third kappa shape index (κ3) is 5.17. The molecule has 2 heteroatoms. The molecular weight excluding hydrogens is 607 g/mol. The van der Waals surface area contributed by atoms with Crippen LogP contribution in [0.5, 0.6) is 5.75 Å². The van der Waals surface area contributed by atoms with E-state index in [4.69, 9.17) is 4.74 Å². The molecular formula is C48H45NO. The molecule has 0 N–H and O–H groups in total. The highest BCUT2D eigenvalue weighted by atomic mass is 16.5. The van der Waals surface area contributed by atoms with Crippen molar-refractivity contribution in [2.45, 2.75) is 58.0 Å². The quantitative estimate of drug-likeness (QED) is 0.155. The lowest BCUT2D eigenvalue weighted by Gasteiger charge is -2.31. The molecule has 0 fully saturated rings. The van der Waals surface area contributed by atoms with Crippen molar-refractivity contribution < 1.29 is 4.74 Å². The maximum Gasteiger partial charge on any atom is 0.130 e. The van der Waals surface area contributed by atoms with E-state index in [0.29, 0.717) is 5.92 Å². The second-order valence-electron chi connectivity index (χ2n) is 14.9. The fourth-order valence-corrected chi connectivity index (χ4v) is 8.80. The lowest BCUT2D eigenvalue weighted by Crippen LogP contribution is -2.32. The number of allylic oxidation sites excluding steroid dienone is 5. The van der Waals surface area contributed by atoms with E-state index in [0.717, 1.165) is 29.2 Å². The van der Waals surface area contributed by atoms with Crippen LogP contribution in [0.3, 0.4) is 0 Å². The Morgan fingerprint density at radius 3 is 1.96 bits per heavy atom. The van der Waals surface area contributed by atoms with Gasteiger partial charge in [0.05, 0.1) is 5.41 Å². The molecule has 248 valence electrons. The monoisotopic (exact) mass is 651 g/mol. The van der Waals surface area contributed by atoms with E-state index in [1.165, 1.54) is 50.1 Å². The third-order valence-corrected chi connectivity index (χ3v) is 11.4. The fraction of sp³-hybridized carbons (Fsp3) is 0.208. The Kier molecular flexibility index (Phi) is 7.79. The van der Waals surface area contributed by atoms with Crippen LogP contribution in [0.1, 0.15) is 57.7 Å². The minimum atomic E-state index is -0.210. The molecule has 1 aliphatic heterocycles. The van der Waals surface area contributed by atoms with Crippen LogP contribution in [0.25, 0.3) is 27.8 Å². The molecule has 2 aliphatic carbocycles. The fourth-order valence-electron chi connectivity index (χ4n) is 8.80. The lowest BCUT2D eigenvalue weighted by molar-refractivity contribution is 0.228. The first-order valence-electron chi connectivity index (χ1n) is 17.9. The number of anilines is 3. The van der Waals surface area contributed by atoms with Crippen molar-refractivity contribution in [3.8, 4) is 28.0 Å². The van der Waals surface area contributed by atoms with E-state index in [1.807, 2.05) is 0 Å². The molecule has 3 unspecified atom stereocenters. The van der Waals surface area contributed by atoms with Crippen LogP contribution in [0.2, 0.25) is 0 Å². The standard InChI is InChI=1S/C48H45NO/c1-7-13-32(2)46-33(3)41-27-25-39(30-42(41)47(46,4)5)49(40-26-28-44-43(31-40)48(6)29-12-11-16-45(48)50-44)38-23-21-37(22-24-38)36-19-17-35(18-20-36)34-14-9-8-10-15-34/h7-12,14-32,45H,1,13H2,2-6H3. The molecule has 0 bridgehead atoms. The molecule has 0 aromatic heterocycles. The van der Waals surface area contributed by atoms with Crippen molar-refractivity contribution >= 4 is 22.6 Å². The average molecular weight is 652 g/mol. The molecule has 0 radical (unpaired) electrons. The summed E-state index contributed by atoms with van der Waals surface area (Å²) in [5.74, 6) is 1.40. The van der Waals surface area contributed by atoms with Crippen LogP contribution in [0, 0.1) is 5.92 Å². The van der Waals surface area contributed by atoms with Crippen molar-refractivity contribution in [2.75, 3.05) is 4.90 Å². The number of benzene rings is 5. The van der Waals surface area contributed by atoms with Gasteiger partial charge in [-0.1, -0.05) is 123 Å². The normalized spacial score (nSPS) is 20.1. The average Bonchev–Trinajstić information content (AvgIpc) is 3.54. The van der Waals surface area contributed by atoms with Gasteiger partial charge in [0.25, 0.3) is 0 Å². The zero-order valence-electron chi connectivity index (χ0n) is 29.8. The molecule has 3 atom stereocenters. The highest BCUT2D eigenvalue weighted by Gasteiger charge is 2.44. The molecule has 0 saturated heterocycles. The van der Waals surface area contributed by atoms with E-state index in [9.17, 15) is 0 Å². The van der Waals surface area contributed by atoms with Crippen molar-refractivity contribution in [1.29, 1.82) is 0 Å². The van der Waals surface area contributed by atoms with Crippen LogP contribution in [-0.4, -0.2) is 6.10 Å².